The average molecular weight is 405 g/mol. The van der Waals surface area contributed by atoms with E-state index in [9.17, 15) is 4.79 Å². The zero-order valence-electron chi connectivity index (χ0n) is 13.3. The third-order valence-corrected chi connectivity index (χ3v) is 3.87. The summed E-state index contributed by atoms with van der Waals surface area (Å²) in [7, 11) is 0. The van der Waals surface area contributed by atoms with Crippen LogP contribution in [0.3, 0.4) is 0 Å². The molecule has 2 aromatic heterocycles. The number of rotatable bonds is 4. The van der Waals surface area contributed by atoms with Crippen LogP contribution in [0.2, 0.25) is 0 Å². The molecule has 0 bridgehead atoms. The maximum Gasteiger partial charge on any atom is 0.292 e. The summed E-state index contributed by atoms with van der Waals surface area (Å²) in [5, 5.41) is 18.9. The molecule has 2 heterocycles. The summed E-state index contributed by atoms with van der Waals surface area (Å²) in [5.41, 5.74) is 10.2. The van der Waals surface area contributed by atoms with E-state index >= 15 is 0 Å². The highest BCUT2D eigenvalue weighted by atomic mass is 79.9. The van der Waals surface area contributed by atoms with Crippen molar-refractivity contribution in [3.8, 4) is 5.82 Å². The maximum atomic E-state index is 12.5. The molecule has 0 aliphatic carbocycles. The summed E-state index contributed by atoms with van der Waals surface area (Å²) in [6.07, 6.45) is 0. The monoisotopic (exact) mass is 404 g/mol. The number of nitrogen functional groups attached to an aromatic ring is 1. The molecule has 1 aromatic carbocycles. The molecule has 1 amide bonds. The fourth-order valence-electron chi connectivity index (χ4n) is 2.05. The molecule has 25 heavy (non-hydrogen) atoms. The van der Waals surface area contributed by atoms with Crippen LogP contribution in [0.5, 0.6) is 0 Å². The number of halogens is 1. The molecule has 0 aliphatic rings. The van der Waals surface area contributed by atoms with Crippen molar-refractivity contribution in [1.29, 1.82) is 0 Å². The van der Waals surface area contributed by atoms with E-state index in [1.807, 2.05) is 24.3 Å². The number of carbonyl (C=O) groups is 1. The fourth-order valence-corrected chi connectivity index (χ4v) is 2.31. The van der Waals surface area contributed by atoms with Gasteiger partial charge in [0.15, 0.2) is 5.69 Å². The van der Waals surface area contributed by atoms with Gasteiger partial charge in [-0.15, -0.1) is 5.10 Å². The molecule has 0 saturated heterocycles. The van der Waals surface area contributed by atoms with Crippen LogP contribution in [-0.4, -0.2) is 36.9 Å². The first-order valence-electron chi connectivity index (χ1n) is 7.08. The Hall–Kier alpha value is -3.08. The van der Waals surface area contributed by atoms with Crippen LogP contribution >= 0.6 is 15.9 Å². The number of aryl methyl sites for hydroxylation is 1. The summed E-state index contributed by atoms with van der Waals surface area (Å²) < 4.78 is 6.64. The van der Waals surface area contributed by atoms with Gasteiger partial charge < -0.3 is 5.73 Å². The summed E-state index contributed by atoms with van der Waals surface area (Å²) in [5.74, 6) is -0.436. The average Bonchev–Trinajstić information content (AvgIpc) is 3.18. The number of carbonyl (C=O) groups excluding carboxylic acids is 1. The molecule has 0 aliphatic heterocycles. The first-order valence-corrected chi connectivity index (χ1v) is 7.88. The third-order valence-electron chi connectivity index (χ3n) is 3.34. The minimum absolute atomic E-state index is 0.00602. The van der Waals surface area contributed by atoms with E-state index in [2.05, 4.69) is 51.7 Å². The van der Waals surface area contributed by atoms with E-state index in [0.29, 0.717) is 11.4 Å². The first-order chi connectivity index (χ1) is 12.0. The van der Waals surface area contributed by atoms with Gasteiger partial charge in [-0.05, 0) is 41.9 Å². The quantitative estimate of drug-likeness (QED) is 0.495. The largest absolute Gasteiger partial charge is 0.378 e. The minimum Gasteiger partial charge on any atom is -0.378 e. The zero-order chi connectivity index (χ0) is 18.0. The summed E-state index contributed by atoms with van der Waals surface area (Å²) in [4.78, 5) is 12.5. The van der Waals surface area contributed by atoms with Crippen molar-refractivity contribution in [2.24, 2.45) is 5.10 Å². The summed E-state index contributed by atoms with van der Waals surface area (Å²) >= 11 is 3.37. The van der Waals surface area contributed by atoms with E-state index in [4.69, 9.17) is 5.73 Å². The van der Waals surface area contributed by atoms with Crippen LogP contribution in [0.15, 0.2) is 38.5 Å². The van der Waals surface area contributed by atoms with Gasteiger partial charge in [-0.1, -0.05) is 33.3 Å². The summed E-state index contributed by atoms with van der Waals surface area (Å²) in [6, 6.07) is 7.54. The van der Waals surface area contributed by atoms with Gasteiger partial charge in [-0.25, -0.2) is 10.1 Å². The number of nitrogens with one attached hydrogen (secondary N) is 1. The van der Waals surface area contributed by atoms with Crippen molar-refractivity contribution < 1.29 is 9.42 Å². The number of hydrogen-bond acceptors (Lipinski definition) is 8. The lowest BCUT2D eigenvalue weighted by Crippen LogP contribution is -2.24. The highest BCUT2D eigenvalue weighted by Gasteiger charge is 2.22. The standard InChI is InChI=1S/C14H13BrN8O2/c1-7(9-3-5-10(15)6-4-9)17-19-14(24)11-8(2)18-22-23(11)13-12(16)20-25-21-13/h3-6H,1-2H3,(H2,16,20)(H,19,24). The number of benzene rings is 1. The van der Waals surface area contributed by atoms with E-state index in [1.54, 1.807) is 13.8 Å². The Balaban J connectivity index is 1.85. The van der Waals surface area contributed by atoms with Gasteiger partial charge in [0.2, 0.25) is 11.6 Å². The third kappa shape index (κ3) is 3.40. The molecule has 0 spiro atoms. The topological polar surface area (TPSA) is 137 Å². The second-order valence-corrected chi connectivity index (χ2v) is 5.97. The number of hydrogen-bond donors (Lipinski definition) is 2. The number of hydrazone groups is 1. The Bertz CT molecular complexity index is 944. The van der Waals surface area contributed by atoms with Gasteiger partial charge in [-0.3, -0.25) is 4.79 Å². The van der Waals surface area contributed by atoms with Gasteiger partial charge in [-0.2, -0.15) is 9.78 Å². The maximum absolute atomic E-state index is 12.5. The van der Waals surface area contributed by atoms with E-state index in [-0.39, 0.29) is 17.3 Å². The Morgan fingerprint density at radius 1 is 1.32 bits per heavy atom. The number of nitrogens with zero attached hydrogens (tertiary/aromatic N) is 6. The van der Waals surface area contributed by atoms with Gasteiger partial charge in [0, 0.05) is 4.47 Å². The molecular weight excluding hydrogens is 392 g/mol. The first kappa shape index (κ1) is 16.8. The number of anilines is 1. The molecule has 11 heteroatoms. The Morgan fingerprint density at radius 3 is 2.68 bits per heavy atom. The van der Waals surface area contributed by atoms with Gasteiger partial charge in [0.25, 0.3) is 5.91 Å². The van der Waals surface area contributed by atoms with Crippen molar-refractivity contribution >= 4 is 33.4 Å². The smallest absolute Gasteiger partial charge is 0.292 e. The second-order valence-electron chi connectivity index (χ2n) is 5.05. The van der Waals surface area contributed by atoms with E-state index in [0.717, 1.165) is 14.7 Å². The van der Waals surface area contributed by atoms with Crippen LogP contribution < -0.4 is 11.2 Å². The number of aromatic nitrogens is 5. The normalized spacial score (nSPS) is 11.6. The molecule has 0 unspecified atom stereocenters. The lowest BCUT2D eigenvalue weighted by molar-refractivity contribution is 0.0946. The predicted molar refractivity (Wildman–Crippen MR) is 92.2 cm³/mol. The number of amides is 1. The summed E-state index contributed by atoms with van der Waals surface area (Å²) in [6.45, 7) is 3.42. The molecule has 0 saturated carbocycles. The van der Waals surface area contributed by atoms with Crippen LogP contribution in [0.4, 0.5) is 5.82 Å². The molecule has 3 N–H and O–H groups in total. The van der Waals surface area contributed by atoms with Crippen molar-refractivity contribution in [2.75, 3.05) is 5.73 Å². The van der Waals surface area contributed by atoms with Crippen LogP contribution in [0, 0.1) is 6.92 Å². The van der Waals surface area contributed by atoms with Gasteiger partial charge in [0.05, 0.1) is 11.4 Å². The molecule has 0 fully saturated rings. The second kappa shape index (κ2) is 6.81. The highest BCUT2D eigenvalue weighted by molar-refractivity contribution is 9.10. The van der Waals surface area contributed by atoms with Crippen LogP contribution in [-0.2, 0) is 0 Å². The Labute approximate surface area is 150 Å². The zero-order valence-corrected chi connectivity index (χ0v) is 14.9. The van der Waals surface area contributed by atoms with Crippen molar-refractivity contribution in [3.63, 3.8) is 0 Å². The molecule has 10 nitrogen and oxygen atoms in total. The van der Waals surface area contributed by atoms with E-state index in [1.165, 1.54) is 0 Å². The number of nitrogens with two attached hydrogens (primary N) is 1. The minimum atomic E-state index is -0.513. The molecule has 3 rings (SSSR count). The van der Waals surface area contributed by atoms with Crippen molar-refractivity contribution in [3.05, 3.63) is 45.7 Å². The fraction of sp³-hybridized carbons (Fsp3) is 0.143. The Morgan fingerprint density at radius 2 is 2.04 bits per heavy atom. The van der Waals surface area contributed by atoms with Crippen LogP contribution in [0.1, 0.15) is 28.7 Å². The molecule has 0 radical (unpaired) electrons. The predicted octanol–water partition coefficient (Wildman–Crippen LogP) is 1.46. The lowest BCUT2D eigenvalue weighted by atomic mass is 10.1. The molecule has 128 valence electrons. The van der Waals surface area contributed by atoms with Crippen molar-refractivity contribution in [2.45, 2.75) is 13.8 Å². The molecule has 0 atom stereocenters. The van der Waals surface area contributed by atoms with Gasteiger partial charge in [0.1, 0.15) is 0 Å². The highest BCUT2D eigenvalue weighted by Crippen LogP contribution is 2.15. The molecular formula is C14H13BrN8O2. The van der Waals surface area contributed by atoms with Crippen molar-refractivity contribution in [1.82, 2.24) is 30.7 Å². The van der Waals surface area contributed by atoms with Gasteiger partial charge >= 0.3 is 0 Å². The SMILES string of the molecule is CC(=NNC(=O)c1c(C)nnn1-c1nonc1N)c1ccc(Br)cc1. The molecule has 3 aromatic rings. The lowest BCUT2D eigenvalue weighted by Gasteiger charge is -2.05. The Kier molecular flexibility index (Phi) is 4.57. The van der Waals surface area contributed by atoms with Crippen LogP contribution in [0.25, 0.3) is 5.82 Å². The van der Waals surface area contributed by atoms with E-state index < -0.39 is 5.91 Å².